The molecule has 36 heavy (non-hydrogen) atoms. The van der Waals surface area contributed by atoms with Crippen LogP contribution in [-0.4, -0.2) is 27.7 Å². The second kappa shape index (κ2) is 12.7. The zero-order valence-electron chi connectivity index (χ0n) is 19.9. The van der Waals surface area contributed by atoms with Crippen molar-refractivity contribution < 1.29 is 9.59 Å². The van der Waals surface area contributed by atoms with E-state index < -0.39 is 6.04 Å². The smallest absolute Gasteiger partial charge is 0.243 e. The third-order valence-corrected chi connectivity index (χ3v) is 6.20. The second-order valence-corrected chi connectivity index (χ2v) is 9.03. The molecule has 1 aromatic heterocycles. The molecule has 2 amide bonds. The largest absolute Gasteiger partial charge is 0.350 e. The van der Waals surface area contributed by atoms with E-state index in [9.17, 15) is 9.59 Å². The van der Waals surface area contributed by atoms with Crippen LogP contribution in [0.5, 0.6) is 0 Å². The van der Waals surface area contributed by atoms with E-state index in [4.69, 9.17) is 11.6 Å². The number of amides is 2. The molecule has 0 unspecified atom stereocenters. The highest BCUT2D eigenvalue weighted by atomic mass is 35.5. The van der Waals surface area contributed by atoms with Gasteiger partial charge in [0.2, 0.25) is 11.8 Å². The Bertz CT molecular complexity index is 1250. The van der Waals surface area contributed by atoms with Crippen LogP contribution in [0.1, 0.15) is 22.3 Å². The van der Waals surface area contributed by atoms with Gasteiger partial charge in [0.15, 0.2) is 0 Å². The van der Waals surface area contributed by atoms with Gasteiger partial charge in [0, 0.05) is 36.9 Å². The molecule has 5 nitrogen and oxygen atoms in total. The maximum Gasteiger partial charge on any atom is 0.243 e. The lowest BCUT2D eigenvalue weighted by Crippen LogP contribution is -2.50. The van der Waals surface area contributed by atoms with E-state index in [-0.39, 0.29) is 18.2 Å². The van der Waals surface area contributed by atoms with Gasteiger partial charge in [-0.1, -0.05) is 84.4 Å². The Morgan fingerprint density at radius 3 is 2.00 bits per heavy atom. The number of hydrogen-bond donors (Lipinski definition) is 1. The molecule has 0 aliphatic rings. The van der Waals surface area contributed by atoms with Gasteiger partial charge in [-0.2, -0.15) is 0 Å². The summed E-state index contributed by atoms with van der Waals surface area (Å²) in [4.78, 5) is 33.0. The number of halogens is 1. The molecule has 0 spiro atoms. The predicted octanol–water partition coefficient (Wildman–Crippen LogP) is 5.23. The topological polar surface area (TPSA) is 62.3 Å². The zero-order valence-corrected chi connectivity index (χ0v) is 20.6. The maximum atomic E-state index is 13.7. The summed E-state index contributed by atoms with van der Waals surface area (Å²) < 4.78 is 0. The lowest BCUT2D eigenvalue weighted by molar-refractivity contribution is -0.140. The number of benzene rings is 3. The van der Waals surface area contributed by atoms with E-state index >= 15 is 0 Å². The quantitative estimate of drug-likeness (QED) is 0.326. The summed E-state index contributed by atoms with van der Waals surface area (Å²) >= 11 is 6.09. The third-order valence-electron chi connectivity index (χ3n) is 5.95. The molecular formula is C30H28ClN3O2. The van der Waals surface area contributed by atoms with Crippen LogP contribution in [0.3, 0.4) is 0 Å². The van der Waals surface area contributed by atoms with E-state index in [2.05, 4.69) is 10.3 Å². The average Bonchev–Trinajstić information content (AvgIpc) is 2.92. The van der Waals surface area contributed by atoms with Crippen LogP contribution in [0.25, 0.3) is 0 Å². The lowest BCUT2D eigenvalue weighted by atomic mass is 10.0. The Morgan fingerprint density at radius 1 is 0.750 bits per heavy atom. The minimum Gasteiger partial charge on any atom is -0.350 e. The molecule has 0 radical (unpaired) electrons. The van der Waals surface area contributed by atoms with Crippen LogP contribution in [0.4, 0.5) is 0 Å². The summed E-state index contributed by atoms with van der Waals surface area (Å²) in [6.07, 6.45) is 3.99. The minimum absolute atomic E-state index is 0.115. The number of hydrogen-bond acceptors (Lipinski definition) is 3. The van der Waals surface area contributed by atoms with Crippen LogP contribution in [0.2, 0.25) is 5.02 Å². The number of carbonyl (C=O) groups excluding carboxylic acids is 2. The van der Waals surface area contributed by atoms with Crippen molar-refractivity contribution in [2.45, 2.75) is 32.0 Å². The van der Waals surface area contributed by atoms with E-state index in [0.717, 1.165) is 22.3 Å². The van der Waals surface area contributed by atoms with Gasteiger partial charge in [0.25, 0.3) is 0 Å². The second-order valence-electron chi connectivity index (χ2n) is 8.59. The Labute approximate surface area is 216 Å². The van der Waals surface area contributed by atoms with Gasteiger partial charge in [-0.25, -0.2) is 0 Å². The fourth-order valence-electron chi connectivity index (χ4n) is 4.02. The normalized spacial score (nSPS) is 11.5. The molecule has 1 atom stereocenters. The van der Waals surface area contributed by atoms with Crippen molar-refractivity contribution in [3.63, 3.8) is 0 Å². The Balaban J connectivity index is 1.63. The molecule has 0 aliphatic carbocycles. The fraction of sp³-hybridized carbons (Fsp3) is 0.167. The summed E-state index contributed by atoms with van der Waals surface area (Å²) in [5.74, 6) is -0.317. The SMILES string of the molecule is O=C(NCc1ccncc1)[C@@H](Cc1ccccc1)N(Cc1ccc(Cl)cc1)C(=O)Cc1ccccc1. The molecule has 0 bridgehead atoms. The molecule has 182 valence electrons. The van der Waals surface area contributed by atoms with Crippen molar-refractivity contribution >= 4 is 23.4 Å². The van der Waals surface area contributed by atoms with Crippen molar-refractivity contribution in [1.82, 2.24) is 15.2 Å². The molecule has 0 aliphatic heterocycles. The first-order chi connectivity index (χ1) is 17.6. The van der Waals surface area contributed by atoms with Gasteiger partial charge >= 0.3 is 0 Å². The van der Waals surface area contributed by atoms with Gasteiger partial charge in [-0.05, 0) is 46.5 Å². The van der Waals surface area contributed by atoms with Crippen molar-refractivity contribution in [2.75, 3.05) is 0 Å². The van der Waals surface area contributed by atoms with Gasteiger partial charge in [0.1, 0.15) is 6.04 Å². The molecule has 4 aromatic rings. The maximum absolute atomic E-state index is 13.7. The Kier molecular flexibility index (Phi) is 8.84. The summed E-state index contributed by atoms with van der Waals surface area (Å²) in [5.41, 5.74) is 3.73. The zero-order chi connectivity index (χ0) is 25.2. The van der Waals surface area contributed by atoms with Crippen molar-refractivity contribution in [3.8, 4) is 0 Å². The van der Waals surface area contributed by atoms with Crippen LogP contribution in [-0.2, 0) is 35.5 Å². The molecule has 1 N–H and O–H groups in total. The minimum atomic E-state index is -0.693. The number of pyridine rings is 1. The Hall–Kier alpha value is -3.96. The first-order valence-corrected chi connectivity index (χ1v) is 12.2. The van der Waals surface area contributed by atoms with Crippen LogP contribution < -0.4 is 5.32 Å². The van der Waals surface area contributed by atoms with Crippen LogP contribution >= 0.6 is 11.6 Å². The standard InChI is InChI=1S/C30H28ClN3O2/c31-27-13-11-26(12-14-27)22-34(29(35)20-24-9-5-2-6-10-24)28(19-23-7-3-1-4-8-23)30(36)33-21-25-15-17-32-18-16-25/h1-18,28H,19-22H2,(H,33,36)/t28-/m1/s1. The van der Waals surface area contributed by atoms with Gasteiger partial charge in [0.05, 0.1) is 6.42 Å². The lowest BCUT2D eigenvalue weighted by Gasteiger charge is -2.32. The van der Waals surface area contributed by atoms with E-state index in [1.165, 1.54) is 0 Å². The molecule has 0 saturated heterocycles. The molecule has 1 heterocycles. The highest BCUT2D eigenvalue weighted by Crippen LogP contribution is 2.18. The van der Waals surface area contributed by atoms with Gasteiger partial charge in [-0.15, -0.1) is 0 Å². The Morgan fingerprint density at radius 2 is 1.36 bits per heavy atom. The number of rotatable bonds is 10. The fourth-order valence-corrected chi connectivity index (χ4v) is 4.15. The molecule has 3 aromatic carbocycles. The van der Waals surface area contributed by atoms with Crippen LogP contribution in [0.15, 0.2) is 109 Å². The molecule has 0 fully saturated rings. The van der Waals surface area contributed by atoms with Crippen molar-refractivity contribution in [3.05, 3.63) is 137 Å². The molecule has 0 saturated carbocycles. The predicted molar refractivity (Wildman–Crippen MR) is 142 cm³/mol. The molecule has 4 rings (SSSR count). The molecule has 6 heteroatoms. The van der Waals surface area contributed by atoms with E-state index in [1.807, 2.05) is 84.9 Å². The summed E-state index contributed by atoms with van der Waals surface area (Å²) in [6, 6.07) is 29.8. The van der Waals surface area contributed by atoms with Crippen LogP contribution in [0, 0.1) is 0 Å². The van der Waals surface area contributed by atoms with Crippen molar-refractivity contribution in [1.29, 1.82) is 0 Å². The van der Waals surface area contributed by atoms with Gasteiger partial charge < -0.3 is 10.2 Å². The first-order valence-electron chi connectivity index (χ1n) is 11.9. The van der Waals surface area contributed by atoms with E-state index in [1.54, 1.807) is 29.4 Å². The van der Waals surface area contributed by atoms with Gasteiger partial charge in [-0.3, -0.25) is 14.6 Å². The average molecular weight is 498 g/mol. The molecular weight excluding hydrogens is 470 g/mol. The highest BCUT2D eigenvalue weighted by molar-refractivity contribution is 6.30. The monoisotopic (exact) mass is 497 g/mol. The number of carbonyl (C=O) groups is 2. The first kappa shape index (κ1) is 25.1. The highest BCUT2D eigenvalue weighted by Gasteiger charge is 2.30. The van der Waals surface area contributed by atoms with Crippen molar-refractivity contribution in [2.24, 2.45) is 0 Å². The number of aromatic nitrogens is 1. The summed E-state index contributed by atoms with van der Waals surface area (Å²) in [6.45, 7) is 0.650. The summed E-state index contributed by atoms with van der Waals surface area (Å²) in [7, 11) is 0. The number of nitrogens with zero attached hydrogens (tertiary/aromatic N) is 2. The third kappa shape index (κ3) is 7.27. The number of nitrogens with one attached hydrogen (secondary N) is 1. The summed E-state index contributed by atoms with van der Waals surface area (Å²) in [5, 5.41) is 3.65. The van der Waals surface area contributed by atoms with E-state index in [0.29, 0.717) is 24.5 Å².